The molecular formula is C9H14O2. The standard InChI is InChI=1S/C9H14O2/c1-3-7(2)9-5-4-8(6-10)11-9/h4-5,7,10H,3,6H2,1-2H3. The molecule has 0 radical (unpaired) electrons. The van der Waals surface area contributed by atoms with E-state index in [1.54, 1.807) is 0 Å². The Kier molecular flexibility index (Phi) is 2.71. The highest BCUT2D eigenvalue weighted by Gasteiger charge is 2.06. The Bertz CT molecular complexity index is 215. The van der Waals surface area contributed by atoms with Crippen molar-refractivity contribution in [3.63, 3.8) is 0 Å². The fourth-order valence-corrected chi connectivity index (χ4v) is 0.946. The Morgan fingerprint density at radius 2 is 2.27 bits per heavy atom. The summed E-state index contributed by atoms with van der Waals surface area (Å²) in [5.74, 6) is 2.08. The van der Waals surface area contributed by atoms with Gasteiger partial charge in [-0.3, -0.25) is 0 Å². The average molecular weight is 154 g/mol. The highest BCUT2D eigenvalue weighted by molar-refractivity contribution is 5.09. The highest BCUT2D eigenvalue weighted by Crippen LogP contribution is 2.20. The molecule has 11 heavy (non-hydrogen) atoms. The zero-order valence-corrected chi connectivity index (χ0v) is 7.00. The third-order valence-electron chi connectivity index (χ3n) is 1.94. The Morgan fingerprint density at radius 3 is 2.73 bits per heavy atom. The van der Waals surface area contributed by atoms with E-state index in [-0.39, 0.29) is 6.61 Å². The monoisotopic (exact) mass is 154 g/mol. The molecule has 1 heterocycles. The molecule has 0 fully saturated rings. The molecule has 2 nitrogen and oxygen atoms in total. The van der Waals surface area contributed by atoms with Gasteiger partial charge in [-0.15, -0.1) is 0 Å². The van der Waals surface area contributed by atoms with E-state index in [4.69, 9.17) is 9.52 Å². The summed E-state index contributed by atoms with van der Waals surface area (Å²) in [6.45, 7) is 4.22. The number of aliphatic hydroxyl groups excluding tert-OH is 1. The summed E-state index contributed by atoms with van der Waals surface area (Å²) in [5.41, 5.74) is 0. The van der Waals surface area contributed by atoms with Crippen molar-refractivity contribution in [3.05, 3.63) is 23.7 Å². The van der Waals surface area contributed by atoms with Crippen molar-refractivity contribution in [1.29, 1.82) is 0 Å². The molecule has 0 aromatic carbocycles. The molecule has 0 spiro atoms. The second-order valence-corrected chi connectivity index (χ2v) is 2.77. The minimum atomic E-state index is -0.00354. The Labute approximate surface area is 66.8 Å². The van der Waals surface area contributed by atoms with Crippen molar-refractivity contribution in [2.75, 3.05) is 0 Å². The molecule has 0 aliphatic heterocycles. The molecule has 1 N–H and O–H groups in total. The third-order valence-corrected chi connectivity index (χ3v) is 1.94. The summed E-state index contributed by atoms with van der Waals surface area (Å²) < 4.78 is 5.34. The lowest BCUT2D eigenvalue weighted by Gasteiger charge is -2.02. The largest absolute Gasteiger partial charge is 0.463 e. The Hall–Kier alpha value is -0.760. The van der Waals surface area contributed by atoms with E-state index in [0.717, 1.165) is 12.2 Å². The van der Waals surface area contributed by atoms with E-state index >= 15 is 0 Å². The van der Waals surface area contributed by atoms with Gasteiger partial charge in [-0.1, -0.05) is 13.8 Å². The highest BCUT2D eigenvalue weighted by atomic mass is 16.4. The van der Waals surface area contributed by atoms with E-state index < -0.39 is 0 Å². The molecular weight excluding hydrogens is 140 g/mol. The zero-order chi connectivity index (χ0) is 8.27. The number of aliphatic hydroxyl groups is 1. The van der Waals surface area contributed by atoms with Crippen LogP contribution in [0.3, 0.4) is 0 Å². The maximum Gasteiger partial charge on any atom is 0.129 e. The lowest BCUT2D eigenvalue weighted by Crippen LogP contribution is -1.86. The van der Waals surface area contributed by atoms with Crippen LogP contribution in [0, 0.1) is 0 Å². The topological polar surface area (TPSA) is 33.4 Å². The molecule has 0 aliphatic carbocycles. The van der Waals surface area contributed by atoms with Gasteiger partial charge >= 0.3 is 0 Å². The molecule has 2 heteroatoms. The molecule has 0 aliphatic rings. The number of hydrogen-bond donors (Lipinski definition) is 1. The van der Waals surface area contributed by atoms with Crippen molar-refractivity contribution < 1.29 is 9.52 Å². The van der Waals surface area contributed by atoms with Gasteiger partial charge in [0, 0.05) is 5.92 Å². The first-order valence-corrected chi connectivity index (χ1v) is 3.97. The summed E-state index contributed by atoms with van der Waals surface area (Å²) in [7, 11) is 0. The molecule has 1 rings (SSSR count). The van der Waals surface area contributed by atoms with Crippen LogP contribution in [-0.2, 0) is 6.61 Å². The third kappa shape index (κ3) is 1.84. The predicted octanol–water partition coefficient (Wildman–Crippen LogP) is 2.29. The van der Waals surface area contributed by atoms with E-state index in [2.05, 4.69) is 13.8 Å². The van der Waals surface area contributed by atoms with Gasteiger partial charge in [-0.05, 0) is 18.6 Å². The summed E-state index contributed by atoms with van der Waals surface area (Å²) in [6, 6.07) is 3.75. The molecule has 1 atom stereocenters. The first kappa shape index (κ1) is 8.34. The fourth-order valence-electron chi connectivity index (χ4n) is 0.946. The van der Waals surface area contributed by atoms with Crippen molar-refractivity contribution in [1.82, 2.24) is 0 Å². The summed E-state index contributed by atoms with van der Waals surface area (Å²) in [4.78, 5) is 0. The Morgan fingerprint density at radius 1 is 1.55 bits per heavy atom. The van der Waals surface area contributed by atoms with Crippen molar-refractivity contribution in [2.45, 2.75) is 32.8 Å². The molecule has 1 aromatic rings. The quantitative estimate of drug-likeness (QED) is 0.724. The zero-order valence-electron chi connectivity index (χ0n) is 7.00. The van der Waals surface area contributed by atoms with Crippen LogP contribution >= 0.6 is 0 Å². The Balaban J connectivity index is 2.71. The van der Waals surface area contributed by atoms with Crippen LogP contribution in [-0.4, -0.2) is 5.11 Å². The maximum absolute atomic E-state index is 8.71. The second-order valence-electron chi connectivity index (χ2n) is 2.77. The predicted molar refractivity (Wildman–Crippen MR) is 43.3 cm³/mol. The van der Waals surface area contributed by atoms with Crippen LogP contribution in [0.2, 0.25) is 0 Å². The first-order chi connectivity index (χ1) is 5.27. The maximum atomic E-state index is 8.71. The van der Waals surface area contributed by atoms with Crippen LogP contribution in [0.4, 0.5) is 0 Å². The molecule has 0 saturated carbocycles. The normalized spacial score (nSPS) is 13.4. The van der Waals surface area contributed by atoms with Crippen LogP contribution in [0.1, 0.15) is 37.7 Å². The average Bonchev–Trinajstić information content (AvgIpc) is 2.50. The van der Waals surface area contributed by atoms with Gasteiger partial charge in [0.15, 0.2) is 0 Å². The molecule has 0 saturated heterocycles. The molecule has 1 aromatic heterocycles. The first-order valence-electron chi connectivity index (χ1n) is 3.97. The number of furan rings is 1. The van der Waals surface area contributed by atoms with Crippen LogP contribution in [0.15, 0.2) is 16.5 Å². The smallest absolute Gasteiger partial charge is 0.129 e. The van der Waals surface area contributed by atoms with Gasteiger partial charge in [0.1, 0.15) is 18.1 Å². The van der Waals surface area contributed by atoms with E-state index in [1.165, 1.54) is 0 Å². The molecule has 0 bridgehead atoms. The van der Waals surface area contributed by atoms with Gasteiger partial charge in [-0.2, -0.15) is 0 Å². The van der Waals surface area contributed by atoms with Crippen LogP contribution < -0.4 is 0 Å². The van der Waals surface area contributed by atoms with E-state index in [1.807, 2.05) is 12.1 Å². The lowest BCUT2D eigenvalue weighted by molar-refractivity contribution is 0.241. The summed E-state index contributed by atoms with van der Waals surface area (Å²) in [6.07, 6.45) is 1.07. The van der Waals surface area contributed by atoms with Gasteiger partial charge in [0.2, 0.25) is 0 Å². The number of hydrogen-bond acceptors (Lipinski definition) is 2. The van der Waals surface area contributed by atoms with Crippen LogP contribution in [0.25, 0.3) is 0 Å². The fraction of sp³-hybridized carbons (Fsp3) is 0.556. The summed E-state index contributed by atoms with van der Waals surface area (Å²) >= 11 is 0. The van der Waals surface area contributed by atoms with Gasteiger partial charge in [0.05, 0.1) is 0 Å². The van der Waals surface area contributed by atoms with Crippen molar-refractivity contribution >= 4 is 0 Å². The molecule has 62 valence electrons. The van der Waals surface area contributed by atoms with Gasteiger partial charge in [-0.25, -0.2) is 0 Å². The minimum Gasteiger partial charge on any atom is -0.463 e. The van der Waals surface area contributed by atoms with Crippen molar-refractivity contribution in [2.24, 2.45) is 0 Å². The SMILES string of the molecule is CCC(C)c1ccc(CO)o1. The summed E-state index contributed by atoms with van der Waals surface area (Å²) in [5, 5.41) is 8.71. The van der Waals surface area contributed by atoms with Crippen molar-refractivity contribution in [3.8, 4) is 0 Å². The second kappa shape index (κ2) is 3.58. The van der Waals surface area contributed by atoms with E-state index in [9.17, 15) is 0 Å². The van der Waals surface area contributed by atoms with E-state index in [0.29, 0.717) is 11.7 Å². The van der Waals surface area contributed by atoms with Crippen LogP contribution in [0.5, 0.6) is 0 Å². The van der Waals surface area contributed by atoms with Gasteiger partial charge in [0.25, 0.3) is 0 Å². The molecule has 1 unspecified atom stereocenters. The minimum absolute atomic E-state index is 0.00354. The molecule has 0 amide bonds. The van der Waals surface area contributed by atoms with Gasteiger partial charge < -0.3 is 9.52 Å². The number of rotatable bonds is 3. The lowest BCUT2D eigenvalue weighted by atomic mass is 10.1.